The third-order valence-corrected chi connectivity index (χ3v) is 11.1. The Morgan fingerprint density at radius 1 is 0.979 bits per heavy atom. The van der Waals surface area contributed by atoms with E-state index < -0.39 is 57.8 Å². The molecule has 1 aliphatic rings. The second-order valence-corrected chi connectivity index (χ2v) is 14.8. The molecule has 4 N–H and O–H groups in total. The van der Waals surface area contributed by atoms with E-state index in [4.69, 9.17) is 12.8 Å². The van der Waals surface area contributed by atoms with E-state index in [2.05, 4.69) is 27.4 Å². The van der Waals surface area contributed by atoms with Crippen molar-refractivity contribution < 1.29 is 28.2 Å². The van der Waals surface area contributed by atoms with Crippen molar-refractivity contribution >= 4 is 21.8 Å². The quantitative estimate of drug-likeness (QED) is 0.147. The minimum atomic E-state index is -3.84. The lowest BCUT2D eigenvalue weighted by Gasteiger charge is -2.33. The van der Waals surface area contributed by atoms with Crippen molar-refractivity contribution in [1.29, 1.82) is 0 Å². The molecule has 0 aliphatic heterocycles. The average Bonchev–Trinajstić information content (AvgIpc) is 3.07. The van der Waals surface area contributed by atoms with Gasteiger partial charge in [0.25, 0.3) is 0 Å². The standard InChI is InChI=1S/C36H56N4O6S/c1-6-10-22-33(41)34(42)32(26-29-20-15-12-16-21-29)38-36(44)31(17-7-2)37-35(43)30(25-28-18-13-11-14-19-28)27-47(45,46)39(5)23-24-40(8-3)9-4/h1-2,11,13-14,18-19,29-34,41-42H,8-10,12,15-17,20-27H2,3-5H3,(H,37,43)(H,38,44)/t30-,31+,32+,33+,34-/m1/s1. The Bertz CT molecular complexity index is 1270. The van der Waals surface area contributed by atoms with Gasteiger partial charge in [-0.15, -0.1) is 24.7 Å². The Labute approximate surface area is 283 Å². The highest BCUT2D eigenvalue weighted by Gasteiger charge is 2.35. The van der Waals surface area contributed by atoms with Crippen LogP contribution in [-0.2, 0) is 26.0 Å². The van der Waals surface area contributed by atoms with Crippen molar-refractivity contribution in [1.82, 2.24) is 19.8 Å². The monoisotopic (exact) mass is 672 g/mol. The molecular weight excluding hydrogens is 616 g/mol. The predicted octanol–water partition coefficient (Wildman–Crippen LogP) is 2.55. The van der Waals surface area contributed by atoms with Crippen LogP contribution in [0, 0.1) is 36.5 Å². The fourth-order valence-electron chi connectivity index (χ4n) is 6.10. The molecule has 0 heterocycles. The Balaban J connectivity index is 2.26. The van der Waals surface area contributed by atoms with Gasteiger partial charge in [-0.25, -0.2) is 12.7 Å². The number of carbonyl (C=O) groups excluding carboxylic acids is 2. The molecule has 0 radical (unpaired) electrons. The molecule has 0 aromatic heterocycles. The number of benzene rings is 1. The molecule has 1 aromatic rings. The second-order valence-electron chi connectivity index (χ2n) is 12.6. The Morgan fingerprint density at radius 2 is 1.64 bits per heavy atom. The van der Waals surface area contributed by atoms with Crippen molar-refractivity contribution in [2.45, 2.75) is 102 Å². The van der Waals surface area contributed by atoms with Gasteiger partial charge in [0.2, 0.25) is 21.8 Å². The average molecular weight is 673 g/mol. The molecular formula is C36H56N4O6S. The van der Waals surface area contributed by atoms with Crippen LogP contribution >= 0.6 is 0 Å². The van der Waals surface area contributed by atoms with E-state index in [1.807, 2.05) is 44.2 Å². The number of terminal acetylenes is 2. The van der Waals surface area contributed by atoms with Crippen LogP contribution in [0.25, 0.3) is 0 Å². The molecule has 1 fully saturated rings. The highest BCUT2D eigenvalue weighted by molar-refractivity contribution is 7.89. The number of nitrogens with zero attached hydrogens (tertiary/aromatic N) is 2. The van der Waals surface area contributed by atoms with Crippen molar-refractivity contribution in [2.75, 3.05) is 39.0 Å². The summed E-state index contributed by atoms with van der Waals surface area (Å²) in [6.45, 7) is 6.47. The summed E-state index contributed by atoms with van der Waals surface area (Å²) in [7, 11) is -2.32. The highest BCUT2D eigenvalue weighted by Crippen LogP contribution is 2.29. The lowest BCUT2D eigenvalue weighted by Crippen LogP contribution is -2.56. The Kier molecular flexibility index (Phi) is 18.1. The number of likely N-dealkylation sites (N-methyl/N-ethyl adjacent to an activating group) is 2. The molecule has 2 rings (SSSR count). The summed E-state index contributed by atoms with van der Waals surface area (Å²) in [6, 6.07) is 7.18. The van der Waals surface area contributed by atoms with Gasteiger partial charge >= 0.3 is 0 Å². The molecule has 0 unspecified atom stereocenters. The fourth-order valence-corrected chi connectivity index (χ4v) is 7.50. The van der Waals surface area contributed by atoms with E-state index in [-0.39, 0.29) is 38.1 Å². The van der Waals surface area contributed by atoms with Crippen molar-refractivity contribution in [3.8, 4) is 24.7 Å². The maximum Gasteiger partial charge on any atom is 0.243 e. The molecule has 262 valence electrons. The third-order valence-electron chi connectivity index (χ3n) is 9.19. The van der Waals surface area contributed by atoms with Crippen LogP contribution < -0.4 is 10.6 Å². The first-order chi connectivity index (χ1) is 22.4. The number of carbonyl (C=O) groups is 2. The van der Waals surface area contributed by atoms with Gasteiger partial charge in [-0.1, -0.05) is 76.3 Å². The van der Waals surface area contributed by atoms with Gasteiger partial charge in [0.05, 0.1) is 23.8 Å². The summed E-state index contributed by atoms with van der Waals surface area (Å²) in [5.41, 5.74) is 0.781. The number of hydrogen-bond acceptors (Lipinski definition) is 7. The Morgan fingerprint density at radius 3 is 2.23 bits per heavy atom. The number of aliphatic hydroxyl groups excluding tert-OH is 2. The Hall–Kier alpha value is -2.93. The van der Waals surface area contributed by atoms with Crippen LogP contribution in [-0.4, -0.2) is 103 Å². The molecule has 11 heteroatoms. The van der Waals surface area contributed by atoms with E-state index in [1.165, 1.54) is 11.4 Å². The van der Waals surface area contributed by atoms with E-state index >= 15 is 0 Å². The SMILES string of the molecule is C#CCC[C@H](O)[C@H](O)[C@H](CC1CCCCC1)NC(=O)[C@H](CC#C)NC(=O)[C@H](Cc1ccccc1)CS(=O)(=O)N(C)CCN(CC)CC. The maximum absolute atomic E-state index is 13.8. The first kappa shape index (κ1) is 40.2. The molecule has 1 aliphatic carbocycles. The van der Waals surface area contributed by atoms with Gasteiger partial charge in [-0.05, 0) is 43.8 Å². The molecule has 47 heavy (non-hydrogen) atoms. The molecule has 1 aromatic carbocycles. The smallest absolute Gasteiger partial charge is 0.243 e. The van der Waals surface area contributed by atoms with E-state index in [9.17, 15) is 28.2 Å². The van der Waals surface area contributed by atoms with Crippen molar-refractivity contribution in [3.05, 3.63) is 35.9 Å². The van der Waals surface area contributed by atoms with E-state index in [0.717, 1.165) is 50.8 Å². The number of hydrogen-bond donors (Lipinski definition) is 4. The first-order valence-corrected chi connectivity index (χ1v) is 18.6. The van der Waals surface area contributed by atoms with Gasteiger partial charge in [-0.2, -0.15) is 0 Å². The molecule has 10 nitrogen and oxygen atoms in total. The summed E-state index contributed by atoms with van der Waals surface area (Å²) < 4.78 is 28.2. The molecule has 2 amide bonds. The molecule has 0 saturated heterocycles. The second kappa shape index (κ2) is 21.1. The lowest BCUT2D eigenvalue weighted by atomic mass is 9.82. The topological polar surface area (TPSA) is 139 Å². The van der Waals surface area contributed by atoms with Crippen molar-refractivity contribution in [3.63, 3.8) is 0 Å². The van der Waals surface area contributed by atoms with Crippen LogP contribution in [0.2, 0.25) is 0 Å². The number of rotatable bonds is 21. The summed E-state index contributed by atoms with van der Waals surface area (Å²) in [6.07, 6.45) is 14.7. The number of aliphatic hydroxyl groups is 2. The van der Waals surface area contributed by atoms with Gasteiger partial charge in [0.15, 0.2) is 0 Å². The molecule has 0 bridgehead atoms. The van der Waals surface area contributed by atoms with Gasteiger partial charge in [0, 0.05) is 33.0 Å². The molecule has 0 spiro atoms. The number of nitrogens with one attached hydrogen (secondary N) is 2. The zero-order chi connectivity index (χ0) is 34.8. The zero-order valence-electron chi connectivity index (χ0n) is 28.4. The van der Waals surface area contributed by atoms with Crippen LogP contribution in [0.1, 0.15) is 77.2 Å². The fraction of sp³-hybridized carbons (Fsp3) is 0.667. The van der Waals surface area contributed by atoms with E-state index in [0.29, 0.717) is 13.0 Å². The summed E-state index contributed by atoms with van der Waals surface area (Å²) in [5, 5.41) is 27.3. The summed E-state index contributed by atoms with van der Waals surface area (Å²) in [4.78, 5) is 29.6. The predicted molar refractivity (Wildman–Crippen MR) is 186 cm³/mol. The van der Waals surface area contributed by atoms with Gasteiger partial charge in [-0.3, -0.25) is 9.59 Å². The maximum atomic E-state index is 13.8. The van der Waals surface area contributed by atoms with Gasteiger partial charge in [0.1, 0.15) is 12.1 Å². The summed E-state index contributed by atoms with van der Waals surface area (Å²) >= 11 is 0. The number of sulfonamides is 1. The minimum Gasteiger partial charge on any atom is -0.390 e. The molecule has 5 atom stereocenters. The minimum absolute atomic E-state index is 0.141. The number of amides is 2. The van der Waals surface area contributed by atoms with Crippen LogP contribution in [0.15, 0.2) is 30.3 Å². The lowest BCUT2D eigenvalue weighted by molar-refractivity contribution is -0.132. The van der Waals surface area contributed by atoms with E-state index in [1.54, 1.807) is 0 Å². The third kappa shape index (κ3) is 14.0. The van der Waals surface area contributed by atoms with Crippen LogP contribution in [0.3, 0.4) is 0 Å². The van der Waals surface area contributed by atoms with Crippen LogP contribution in [0.4, 0.5) is 0 Å². The normalized spacial score (nSPS) is 17.2. The largest absolute Gasteiger partial charge is 0.390 e. The van der Waals surface area contributed by atoms with Crippen molar-refractivity contribution in [2.24, 2.45) is 11.8 Å². The summed E-state index contributed by atoms with van der Waals surface area (Å²) in [5.74, 6) is 2.52. The zero-order valence-corrected chi connectivity index (χ0v) is 29.3. The first-order valence-electron chi connectivity index (χ1n) is 17.0. The van der Waals surface area contributed by atoms with Gasteiger partial charge < -0.3 is 25.7 Å². The highest BCUT2D eigenvalue weighted by atomic mass is 32.2. The molecule has 1 saturated carbocycles. The van der Waals surface area contributed by atoms with Crippen LogP contribution in [0.5, 0.6) is 0 Å².